The minimum Gasteiger partial charge on any atom is -0.489 e. The van der Waals surface area contributed by atoms with Gasteiger partial charge in [0, 0.05) is 30.2 Å². The first-order valence-electron chi connectivity index (χ1n) is 10.9. The van der Waals surface area contributed by atoms with Gasteiger partial charge in [0.05, 0.1) is 0 Å². The molecule has 2 N–H and O–H groups in total. The van der Waals surface area contributed by atoms with Crippen molar-refractivity contribution in [1.29, 1.82) is 0 Å². The average Bonchev–Trinajstić information content (AvgIpc) is 3.35. The Hall–Kier alpha value is -3.47. The fourth-order valence-electron chi connectivity index (χ4n) is 3.69. The lowest BCUT2D eigenvalue weighted by molar-refractivity contribution is -0.116. The minimum absolute atomic E-state index is 0.0819. The Bertz CT molecular complexity index is 966. The quantitative estimate of drug-likeness (QED) is 0.524. The van der Waals surface area contributed by atoms with Crippen LogP contribution < -0.4 is 20.3 Å². The number of carbonyl (C=O) groups excluding carboxylic acids is 1. The third-order valence-corrected chi connectivity index (χ3v) is 5.49. The molecule has 4 rings (SSSR count). The summed E-state index contributed by atoms with van der Waals surface area (Å²) in [5, 5.41) is 6.23. The molecule has 1 unspecified atom stereocenters. The third kappa shape index (κ3) is 5.79. The van der Waals surface area contributed by atoms with Gasteiger partial charge < -0.3 is 20.3 Å². The molecule has 5 nitrogen and oxygen atoms in total. The zero-order valence-electron chi connectivity index (χ0n) is 17.9. The van der Waals surface area contributed by atoms with Crippen LogP contribution in [0.1, 0.15) is 25.3 Å². The van der Waals surface area contributed by atoms with Crippen LogP contribution in [0.2, 0.25) is 0 Å². The molecule has 3 aromatic carbocycles. The molecule has 0 aromatic heterocycles. The van der Waals surface area contributed by atoms with Crippen molar-refractivity contribution >= 4 is 23.0 Å². The second-order valence-electron chi connectivity index (χ2n) is 7.89. The van der Waals surface area contributed by atoms with Crippen LogP contribution in [0.3, 0.4) is 0 Å². The van der Waals surface area contributed by atoms with Crippen molar-refractivity contribution in [2.45, 2.75) is 32.4 Å². The van der Waals surface area contributed by atoms with Crippen LogP contribution in [0, 0.1) is 0 Å². The van der Waals surface area contributed by atoms with Gasteiger partial charge in [-0.3, -0.25) is 4.79 Å². The molecule has 5 heteroatoms. The number of rotatable bonds is 8. The number of hydrogen-bond acceptors (Lipinski definition) is 4. The molecule has 1 fully saturated rings. The van der Waals surface area contributed by atoms with Gasteiger partial charge in [0.25, 0.3) is 0 Å². The molecular weight excluding hydrogens is 386 g/mol. The number of amides is 1. The Morgan fingerprint density at radius 3 is 2.23 bits per heavy atom. The fraction of sp³-hybridized carbons (Fsp3) is 0.269. The molecule has 160 valence electrons. The monoisotopic (exact) mass is 415 g/mol. The van der Waals surface area contributed by atoms with Crippen LogP contribution >= 0.6 is 0 Å². The summed E-state index contributed by atoms with van der Waals surface area (Å²) < 4.78 is 5.80. The van der Waals surface area contributed by atoms with Crippen molar-refractivity contribution in [2.24, 2.45) is 0 Å². The summed E-state index contributed by atoms with van der Waals surface area (Å²) in [4.78, 5) is 15.0. The molecule has 0 bridgehead atoms. The Morgan fingerprint density at radius 1 is 0.903 bits per heavy atom. The molecule has 1 atom stereocenters. The van der Waals surface area contributed by atoms with Gasteiger partial charge in [0.15, 0.2) is 0 Å². The number of carbonyl (C=O) groups is 1. The zero-order chi connectivity index (χ0) is 21.5. The van der Waals surface area contributed by atoms with E-state index in [0.29, 0.717) is 6.61 Å². The molecule has 0 radical (unpaired) electrons. The van der Waals surface area contributed by atoms with E-state index in [4.69, 9.17) is 4.74 Å². The molecule has 1 heterocycles. The summed E-state index contributed by atoms with van der Waals surface area (Å²) >= 11 is 0. The smallest absolute Gasteiger partial charge is 0.246 e. The number of nitrogens with one attached hydrogen (secondary N) is 2. The average molecular weight is 416 g/mol. The Kier molecular flexibility index (Phi) is 6.72. The summed E-state index contributed by atoms with van der Waals surface area (Å²) in [6, 6.07) is 25.4. The number of hydrogen-bond donors (Lipinski definition) is 2. The van der Waals surface area contributed by atoms with E-state index in [1.54, 1.807) is 0 Å². The molecule has 1 amide bonds. The first-order valence-corrected chi connectivity index (χ1v) is 10.9. The van der Waals surface area contributed by atoms with E-state index >= 15 is 0 Å². The highest BCUT2D eigenvalue weighted by Gasteiger charge is 2.15. The Balaban J connectivity index is 1.26. The van der Waals surface area contributed by atoms with E-state index in [-0.39, 0.29) is 11.9 Å². The summed E-state index contributed by atoms with van der Waals surface area (Å²) in [6.07, 6.45) is 2.52. The van der Waals surface area contributed by atoms with Crippen molar-refractivity contribution < 1.29 is 9.53 Å². The lowest BCUT2D eigenvalue weighted by Crippen LogP contribution is -2.31. The molecule has 1 saturated heterocycles. The van der Waals surface area contributed by atoms with Crippen molar-refractivity contribution in [3.8, 4) is 5.75 Å². The van der Waals surface area contributed by atoms with Gasteiger partial charge in [-0.1, -0.05) is 30.3 Å². The number of nitrogens with zero attached hydrogens (tertiary/aromatic N) is 1. The maximum Gasteiger partial charge on any atom is 0.246 e. The highest BCUT2D eigenvalue weighted by molar-refractivity contribution is 5.96. The molecule has 1 aliphatic heterocycles. The summed E-state index contributed by atoms with van der Waals surface area (Å²) in [5.41, 5.74) is 4.05. The topological polar surface area (TPSA) is 53.6 Å². The maximum atomic E-state index is 12.6. The molecular formula is C26H29N3O2. The first kappa shape index (κ1) is 20.8. The van der Waals surface area contributed by atoms with E-state index < -0.39 is 0 Å². The summed E-state index contributed by atoms with van der Waals surface area (Å²) in [6.45, 7) is 4.63. The second-order valence-corrected chi connectivity index (χ2v) is 7.89. The van der Waals surface area contributed by atoms with Gasteiger partial charge in [0.1, 0.15) is 18.4 Å². The maximum absolute atomic E-state index is 12.6. The van der Waals surface area contributed by atoms with Gasteiger partial charge in [-0.2, -0.15) is 0 Å². The zero-order valence-corrected chi connectivity index (χ0v) is 17.9. The first-order chi connectivity index (χ1) is 15.2. The van der Waals surface area contributed by atoms with E-state index in [0.717, 1.165) is 35.8 Å². The van der Waals surface area contributed by atoms with Gasteiger partial charge in [-0.25, -0.2) is 0 Å². The Morgan fingerprint density at radius 2 is 1.55 bits per heavy atom. The standard InChI is InChI=1S/C26H29N3O2/c1-20(27-22-9-13-24(14-10-22)29-17-5-6-18-29)26(30)28-23-11-15-25(16-12-23)31-19-21-7-3-2-4-8-21/h2-4,7-16,20,27H,5-6,17-19H2,1H3,(H,28,30). The molecule has 3 aromatic rings. The fourth-order valence-corrected chi connectivity index (χ4v) is 3.69. The molecule has 0 spiro atoms. The lowest BCUT2D eigenvalue weighted by atomic mass is 10.2. The number of ether oxygens (including phenoxy) is 1. The summed E-state index contributed by atoms with van der Waals surface area (Å²) in [5.74, 6) is 0.688. The molecule has 31 heavy (non-hydrogen) atoms. The van der Waals surface area contributed by atoms with Crippen molar-refractivity contribution in [1.82, 2.24) is 0 Å². The lowest BCUT2D eigenvalue weighted by Gasteiger charge is -2.19. The molecule has 1 aliphatic rings. The highest BCUT2D eigenvalue weighted by atomic mass is 16.5. The van der Waals surface area contributed by atoms with Crippen LogP contribution in [0.5, 0.6) is 5.75 Å². The van der Waals surface area contributed by atoms with Gasteiger partial charge in [0.2, 0.25) is 5.91 Å². The minimum atomic E-state index is -0.355. The summed E-state index contributed by atoms with van der Waals surface area (Å²) in [7, 11) is 0. The number of anilines is 3. The van der Waals surface area contributed by atoms with Gasteiger partial charge in [-0.15, -0.1) is 0 Å². The third-order valence-electron chi connectivity index (χ3n) is 5.49. The van der Waals surface area contributed by atoms with Gasteiger partial charge in [-0.05, 0) is 73.9 Å². The number of benzene rings is 3. The normalized spacial score (nSPS) is 14.2. The van der Waals surface area contributed by atoms with Crippen LogP contribution in [-0.2, 0) is 11.4 Å². The Labute approximate surface area is 184 Å². The van der Waals surface area contributed by atoms with E-state index in [9.17, 15) is 4.79 Å². The van der Waals surface area contributed by atoms with E-state index in [1.165, 1.54) is 18.5 Å². The van der Waals surface area contributed by atoms with Crippen LogP contribution in [0.25, 0.3) is 0 Å². The van der Waals surface area contributed by atoms with Crippen molar-refractivity contribution in [3.63, 3.8) is 0 Å². The second kappa shape index (κ2) is 10.0. The molecule has 0 aliphatic carbocycles. The highest BCUT2D eigenvalue weighted by Crippen LogP contribution is 2.23. The van der Waals surface area contributed by atoms with Crippen LogP contribution in [0.4, 0.5) is 17.1 Å². The predicted molar refractivity (Wildman–Crippen MR) is 127 cm³/mol. The molecule has 0 saturated carbocycles. The van der Waals surface area contributed by atoms with Gasteiger partial charge >= 0.3 is 0 Å². The van der Waals surface area contributed by atoms with Crippen molar-refractivity contribution in [3.05, 3.63) is 84.4 Å². The SMILES string of the molecule is CC(Nc1ccc(N2CCCC2)cc1)C(=O)Nc1ccc(OCc2ccccc2)cc1. The predicted octanol–water partition coefficient (Wildman–Crippen LogP) is 5.30. The van der Waals surface area contributed by atoms with Crippen LogP contribution in [0.15, 0.2) is 78.9 Å². The van der Waals surface area contributed by atoms with E-state index in [1.807, 2.05) is 73.7 Å². The largest absolute Gasteiger partial charge is 0.489 e. The van der Waals surface area contributed by atoms with Crippen molar-refractivity contribution in [2.75, 3.05) is 28.6 Å². The van der Waals surface area contributed by atoms with E-state index in [2.05, 4.69) is 27.7 Å². The van der Waals surface area contributed by atoms with Crippen LogP contribution in [-0.4, -0.2) is 25.0 Å².